The van der Waals surface area contributed by atoms with Gasteiger partial charge in [-0.15, -0.1) is 0 Å². The van der Waals surface area contributed by atoms with Gasteiger partial charge in [0.05, 0.1) is 11.7 Å². The third-order valence-electron chi connectivity index (χ3n) is 4.13. The van der Waals surface area contributed by atoms with E-state index in [-0.39, 0.29) is 6.04 Å². The van der Waals surface area contributed by atoms with Crippen molar-refractivity contribution >= 4 is 11.6 Å². The molecular weight excluding hydrogens is 336 g/mol. The second-order valence-electron chi connectivity index (χ2n) is 5.90. The second kappa shape index (κ2) is 6.51. The van der Waals surface area contributed by atoms with E-state index in [0.29, 0.717) is 17.2 Å². The number of hydrogen-bond acceptors (Lipinski definition) is 4. The van der Waals surface area contributed by atoms with Gasteiger partial charge in [-0.2, -0.15) is 14.6 Å². The number of fused-ring (bicyclic) bond motifs is 1. The molecule has 2 aromatic carbocycles. The quantitative estimate of drug-likeness (QED) is 0.597. The molecule has 4 rings (SSSR count). The fourth-order valence-electron chi connectivity index (χ4n) is 2.76. The van der Waals surface area contributed by atoms with Crippen molar-refractivity contribution < 1.29 is 8.78 Å². The molecule has 2 aromatic heterocycles. The van der Waals surface area contributed by atoms with E-state index < -0.39 is 11.6 Å². The second-order valence-corrected chi connectivity index (χ2v) is 5.90. The van der Waals surface area contributed by atoms with Crippen molar-refractivity contribution in [3.05, 3.63) is 78.1 Å². The summed E-state index contributed by atoms with van der Waals surface area (Å²) in [5.74, 6) is -0.633. The first-order valence-electron chi connectivity index (χ1n) is 8.09. The van der Waals surface area contributed by atoms with E-state index in [9.17, 15) is 8.78 Å². The zero-order valence-electron chi connectivity index (χ0n) is 13.9. The molecule has 0 bridgehead atoms. The van der Waals surface area contributed by atoms with Crippen LogP contribution in [0.3, 0.4) is 0 Å². The van der Waals surface area contributed by atoms with Gasteiger partial charge in [-0.3, -0.25) is 0 Å². The number of aromatic nitrogens is 4. The van der Waals surface area contributed by atoms with E-state index in [2.05, 4.69) is 20.4 Å². The number of halogens is 2. The topological polar surface area (TPSA) is 55.1 Å². The van der Waals surface area contributed by atoms with Gasteiger partial charge < -0.3 is 5.32 Å². The lowest BCUT2D eigenvalue weighted by atomic mass is 10.1. The van der Waals surface area contributed by atoms with Gasteiger partial charge in [-0.25, -0.2) is 13.8 Å². The minimum Gasteiger partial charge on any atom is -0.363 e. The van der Waals surface area contributed by atoms with Crippen molar-refractivity contribution in [2.75, 3.05) is 5.32 Å². The van der Waals surface area contributed by atoms with Crippen molar-refractivity contribution in [3.8, 4) is 11.3 Å². The zero-order valence-corrected chi connectivity index (χ0v) is 13.9. The normalized spacial score (nSPS) is 12.3. The Kier molecular flexibility index (Phi) is 4.04. The van der Waals surface area contributed by atoms with E-state index in [4.69, 9.17) is 0 Å². The van der Waals surface area contributed by atoms with E-state index >= 15 is 0 Å². The summed E-state index contributed by atoms with van der Waals surface area (Å²) in [6.45, 7) is 1.86. The van der Waals surface area contributed by atoms with Crippen LogP contribution < -0.4 is 5.32 Å². The van der Waals surface area contributed by atoms with Crippen molar-refractivity contribution in [1.82, 2.24) is 19.6 Å². The van der Waals surface area contributed by atoms with Crippen LogP contribution in [0.5, 0.6) is 0 Å². The van der Waals surface area contributed by atoms with Crippen LogP contribution in [0.2, 0.25) is 0 Å². The maximum Gasteiger partial charge on any atom is 0.254 e. The summed E-state index contributed by atoms with van der Waals surface area (Å²) in [5.41, 5.74) is 2.31. The highest BCUT2D eigenvalue weighted by Crippen LogP contribution is 2.25. The van der Waals surface area contributed by atoms with Gasteiger partial charge in [0.25, 0.3) is 5.78 Å². The molecule has 0 fully saturated rings. The summed E-state index contributed by atoms with van der Waals surface area (Å²) in [5, 5.41) is 7.45. The van der Waals surface area contributed by atoms with Crippen LogP contribution in [0, 0.1) is 11.6 Å². The van der Waals surface area contributed by atoms with Crippen LogP contribution >= 0.6 is 0 Å². The van der Waals surface area contributed by atoms with Crippen LogP contribution in [0.25, 0.3) is 17.0 Å². The fourth-order valence-corrected chi connectivity index (χ4v) is 2.76. The first kappa shape index (κ1) is 16.1. The molecule has 2 heterocycles. The third kappa shape index (κ3) is 2.99. The number of benzene rings is 2. The highest BCUT2D eigenvalue weighted by Gasteiger charge is 2.14. The third-order valence-corrected chi connectivity index (χ3v) is 4.13. The largest absolute Gasteiger partial charge is 0.363 e. The van der Waals surface area contributed by atoms with E-state index in [0.717, 1.165) is 17.3 Å². The summed E-state index contributed by atoms with van der Waals surface area (Å²) in [7, 11) is 0. The minimum absolute atomic E-state index is 0.275. The first-order chi connectivity index (χ1) is 12.6. The van der Waals surface area contributed by atoms with Gasteiger partial charge in [0.15, 0.2) is 11.6 Å². The molecule has 0 radical (unpaired) electrons. The number of anilines is 1. The van der Waals surface area contributed by atoms with Gasteiger partial charge in [-0.05, 0) is 24.6 Å². The Labute approximate surface area is 148 Å². The summed E-state index contributed by atoms with van der Waals surface area (Å²) < 4.78 is 28.3. The molecule has 0 saturated carbocycles. The van der Waals surface area contributed by atoms with Gasteiger partial charge >= 0.3 is 0 Å². The number of nitrogens with zero attached hydrogens (tertiary/aromatic N) is 4. The fraction of sp³-hybridized carbons (Fsp3) is 0.105. The highest BCUT2D eigenvalue weighted by molar-refractivity contribution is 5.65. The zero-order chi connectivity index (χ0) is 18.1. The van der Waals surface area contributed by atoms with E-state index in [1.807, 2.05) is 43.3 Å². The lowest BCUT2D eigenvalue weighted by Gasteiger charge is -2.17. The Bertz CT molecular complexity index is 1060. The van der Waals surface area contributed by atoms with Crippen LogP contribution in [0.1, 0.15) is 18.5 Å². The molecule has 4 aromatic rings. The molecule has 0 aliphatic rings. The van der Waals surface area contributed by atoms with Crippen molar-refractivity contribution in [3.63, 3.8) is 0 Å². The average molecular weight is 351 g/mol. The van der Waals surface area contributed by atoms with Crippen LogP contribution in [0.4, 0.5) is 14.6 Å². The number of nitrogens with one attached hydrogen (secondary N) is 1. The smallest absolute Gasteiger partial charge is 0.254 e. The highest BCUT2D eigenvalue weighted by atomic mass is 19.2. The Balaban J connectivity index is 1.73. The summed E-state index contributed by atoms with van der Waals surface area (Å²) in [6.07, 6.45) is 1.42. The molecule has 1 N–H and O–H groups in total. The van der Waals surface area contributed by atoms with Crippen molar-refractivity contribution in [2.45, 2.75) is 13.0 Å². The van der Waals surface area contributed by atoms with Gasteiger partial charge in [0, 0.05) is 11.6 Å². The first-order valence-corrected chi connectivity index (χ1v) is 8.09. The Hall–Kier alpha value is -3.35. The molecule has 0 aliphatic heterocycles. The Morgan fingerprint density at radius 3 is 2.58 bits per heavy atom. The monoisotopic (exact) mass is 351 g/mol. The Morgan fingerprint density at radius 2 is 1.81 bits per heavy atom. The van der Waals surface area contributed by atoms with E-state index in [1.54, 1.807) is 10.6 Å². The molecule has 0 aliphatic carbocycles. The summed E-state index contributed by atoms with van der Waals surface area (Å²) in [6, 6.07) is 15.1. The molecule has 7 heteroatoms. The minimum atomic E-state index is -0.873. The molecule has 1 unspecified atom stereocenters. The summed E-state index contributed by atoms with van der Waals surface area (Å²) >= 11 is 0. The van der Waals surface area contributed by atoms with Gasteiger partial charge in [-0.1, -0.05) is 36.4 Å². The Morgan fingerprint density at radius 1 is 1.00 bits per heavy atom. The van der Waals surface area contributed by atoms with Gasteiger partial charge in [0.2, 0.25) is 0 Å². The SMILES string of the molecule is CC(Nc1cc(-c2ccccc2)nc2ncnn12)c1ccc(F)c(F)c1. The number of rotatable bonds is 4. The molecule has 0 saturated heterocycles. The molecule has 130 valence electrons. The molecule has 26 heavy (non-hydrogen) atoms. The van der Waals surface area contributed by atoms with E-state index in [1.165, 1.54) is 12.4 Å². The molecule has 5 nitrogen and oxygen atoms in total. The molecule has 1 atom stereocenters. The molecule has 0 amide bonds. The van der Waals surface area contributed by atoms with Crippen LogP contribution in [0.15, 0.2) is 60.9 Å². The molecule has 0 spiro atoms. The lowest BCUT2D eigenvalue weighted by Crippen LogP contribution is -2.11. The van der Waals surface area contributed by atoms with Crippen LogP contribution in [-0.2, 0) is 0 Å². The standard InChI is InChI=1S/C19H15F2N5/c1-12(14-7-8-15(20)16(21)9-14)24-18-10-17(13-5-3-2-4-6-13)25-19-22-11-23-26(18)19/h2-12,24H,1H3. The van der Waals surface area contributed by atoms with Gasteiger partial charge in [0.1, 0.15) is 12.1 Å². The molecular formula is C19H15F2N5. The van der Waals surface area contributed by atoms with Crippen molar-refractivity contribution in [1.29, 1.82) is 0 Å². The van der Waals surface area contributed by atoms with Crippen molar-refractivity contribution in [2.24, 2.45) is 0 Å². The van der Waals surface area contributed by atoms with Crippen LogP contribution in [-0.4, -0.2) is 19.6 Å². The predicted octanol–water partition coefficient (Wildman–Crippen LogP) is 4.24. The summed E-state index contributed by atoms with van der Waals surface area (Å²) in [4.78, 5) is 8.67. The number of hydrogen-bond donors (Lipinski definition) is 1. The predicted molar refractivity (Wildman–Crippen MR) is 94.6 cm³/mol. The maximum absolute atomic E-state index is 13.5. The maximum atomic E-state index is 13.5. The lowest BCUT2D eigenvalue weighted by molar-refractivity contribution is 0.506. The average Bonchev–Trinajstić information content (AvgIpc) is 3.13.